The maximum atomic E-state index is 8.79. The largest absolute Gasteiger partial charge is 0.374 e. The molecule has 0 aromatic heterocycles. The standard InChI is InChI=1S/C15H21BrN2/c1-15(2,3)13(9-16)11-18(4)14-7-5-12(10-17)6-8-14/h5-8,13H,9,11H2,1-4H3. The Hall–Kier alpha value is -1.01. The Labute approximate surface area is 119 Å². The minimum Gasteiger partial charge on any atom is -0.374 e. The molecule has 0 saturated carbocycles. The number of nitriles is 1. The molecule has 1 atom stereocenters. The highest BCUT2D eigenvalue weighted by atomic mass is 79.9. The highest BCUT2D eigenvalue weighted by molar-refractivity contribution is 9.09. The molecule has 0 bridgehead atoms. The molecule has 0 fully saturated rings. The molecule has 18 heavy (non-hydrogen) atoms. The van der Waals surface area contributed by atoms with E-state index in [0.717, 1.165) is 17.6 Å². The van der Waals surface area contributed by atoms with Crippen LogP contribution in [0.4, 0.5) is 5.69 Å². The zero-order chi connectivity index (χ0) is 13.8. The summed E-state index contributed by atoms with van der Waals surface area (Å²) in [5, 5.41) is 9.78. The number of rotatable bonds is 4. The van der Waals surface area contributed by atoms with Crippen LogP contribution in [0.1, 0.15) is 26.3 Å². The maximum absolute atomic E-state index is 8.79. The van der Waals surface area contributed by atoms with E-state index >= 15 is 0 Å². The van der Waals surface area contributed by atoms with Crippen molar-refractivity contribution in [2.24, 2.45) is 11.3 Å². The van der Waals surface area contributed by atoms with E-state index in [4.69, 9.17) is 5.26 Å². The second-order valence-electron chi connectivity index (χ2n) is 5.76. The van der Waals surface area contributed by atoms with Gasteiger partial charge in [0, 0.05) is 24.6 Å². The van der Waals surface area contributed by atoms with Crippen LogP contribution in [0.2, 0.25) is 0 Å². The molecule has 0 spiro atoms. The highest BCUT2D eigenvalue weighted by Crippen LogP contribution is 2.29. The summed E-state index contributed by atoms with van der Waals surface area (Å²) < 4.78 is 0. The first kappa shape index (κ1) is 15.0. The molecule has 0 aliphatic heterocycles. The van der Waals surface area contributed by atoms with Crippen molar-refractivity contribution in [3.05, 3.63) is 29.8 Å². The highest BCUT2D eigenvalue weighted by Gasteiger charge is 2.24. The molecule has 0 amide bonds. The Bertz CT molecular complexity index is 412. The van der Waals surface area contributed by atoms with E-state index in [1.807, 2.05) is 24.3 Å². The summed E-state index contributed by atoms with van der Waals surface area (Å²) in [5.41, 5.74) is 2.15. The lowest BCUT2D eigenvalue weighted by molar-refractivity contribution is 0.273. The summed E-state index contributed by atoms with van der Waals surface area (Å²) in [6.07, 6.45) is 0. The van der Waals surface area contributed by atoms with Gasteiger partial charge < -0.3 is 4.90 Å². The second-order valence-corrected chi connectivity index (χ2v) is 6.40. The van der Waals surface area contributed by atoms with E-state index in [0.29, 0.717) is 11.5 Å². The summed E-state index contributed by atoms with van der Waals surface area (Å²) in [6.45, 7) is 7.81. The maximum Gasteiger partial charge on any atom is 0.0991 e. The molecule has 1 aromatic carbocycles. The van der Waals surface area contributed by atoms with Gasteiger partial charge in [-0.3, -0.25) is 0 Å². The van der Waals surface area contributed by atoms with E-state index in [9.17, 15) is 0 Å². The number of nitrogens with zero attached hydrogens (tertiary/aromatic N) is 2. The molecular weight excluding hydrogens is 288 g/mol. The van der Waals surface area contributed by atoms with E-state index in [1.54, 1.807) is 0 Å². The van der Waals surface area contributed by atoms with Gasteiger partial charge in [-0.25, -0.2) is 0 Å². The lowest BCUT2D eigenvalue weighted by Gasteiger charge is -2.33. The van der Waals surface area contributed by atoms with Crippen LogP contribution in [-0.4, -0.2) is 18.9 Å². The van der Waals surface area contributed by atoms with E-state index in [2.05, 4.69) is 54.7 Å². The van der Waals surface area contributed by atoms with Crippen molar-refractivity contribution >= 4 is 21.6 Å². The third kappa shape index (κ3) is 4.03. The van der Waals surface area contributed by atoms with Gasteiger partial charge in [-0.05, 0) is 35.6 Å². The van der Waals surface area contributed by atoms with Crippen LogP contribution in [-0.2, 0) is 0 Å². The SMILES string of the molecule is CN(CC(CBr)C(C)(C)C)c1ccc(C#N)cc1. The van der Waals surface area contributed by atoms with Crippen molar-refractivity contribution in [2.45, 2.75) is 20.8 Å². The number of anilines is 1. The first-order valence-electron chi connectivity index (χ1n) is 6.15. The first-order chi connectivity index (χ1) is 8.38. The molecule has 2 nitrogen and oxygen atoms in total. The smallest absolute Gasteiger partial charge is 0.0991 e. The zero-order valence-corrected chi connectivity index (χ0v) is 13.2. The van der Waals surface area contributed by atoms with E-state index in [-0.39, 0.29) is 5.41 Å². The average Bonchev–Trinajstić information content (AvgIpc) is 2.34. The van der Waals surface area contributed by atoms with Crippen LogP contribution in [0.5, 0.6) is 0 Å². The molecule has 0 radical (unpaired) electrons. The van der Waals surface area contributed by atoms with E-state index in [1.165, 1.54) is 0 Å². The Morgan fingerprint density at radius 1 is 1.28 bits per heavy atom. The fourth-order valence-corrected chi connectivity index (χ4v) is 2.96. The van der Waals surface area contributed by atoms with Crippen molar-refractivity contribution in [3.8, 4) is 6.07 Å². The summed E-state index contributed by atoms with van der Waals surface area (Å²) in [6, 6.07) is 9.89. The van der Waals surface area contributed by atoms with Crippen molar-refractivity contribution in [2.75, 3.05) is 23.8 Å². The Morgan fingerprint density at radius 2 is 1.83 bits per heavy atom. The van der Waals surface area contributed by atoms with Gasteiger partial charge >= 0.3 is 0 Å². The summed E-state index contributed by atoms with van der Waals surface area (Å²) in [4.78, 5) is 2.25. The van der Waals surface area contributed by atoms with Gasteiger partial charge in [-0.1, -0.05) is 36.7 Å². The Kier molecular flexibility index (Phi) is 5.22. The van der Waals surface area contributed by atoms with Gasteiger partial charge in [-0.15, -0.1) is 0 Å². The van der Waals surface area contributed by atoms with Gasteiger partial charge in [0.05, 0.1) is 11.6 Å². The third-order valence-corrected chi connectivity index (χ3v) is 4.12. The topological polar surface area (TPSA) is 27.0 Å². The average molecular weight is 309 g/mol. The van der Waals surface area contributed by atoms with Gasteiger partial charge in [0.1, 0.15) is 0 Å². The molecule has 1 aromatic rings. The van der Waals surface area contributed by atoms with Crippen LogP contribution >= 0.6 is 15.9 Å². The predicted molar refractivity (Wildman–Crippen MR) is 81.2 cm³/mol. The normalized spacial score (nSPS) is 12.9. The summed E-state index contributed by atoms with van der Waals surface area (Å²) in [5.74, 6) is 0.582. The van der Waals surface area contributed by atoms with Gasteiger partial charge in [-0.2, -0.15) is 5.26 Å². The molecule has 0 saturated heterocycles. The molecular formula is C15H21BrN2. The van der Waals surface area contributed by atoms with Crippen molar-refractivity contribution in [3.63, 3.8) is 0 Å². The lowest BCUT2D eigenvalue weighted by Crippen LogP contribution is -2.34. The quantitative estimate of drug-likeness (QED) is 0.785. The van der Waals surface area contributed by atoms with Crippen molar-refractivity contribution < 1.29 is 0 Å². The number of halogens is 1. The number of hydrogen-bond donors (Lipinski definition) is 0. The fraction of sp³-hybridized carbons (Fsp3) is 0.533. The molecule has 0 aliphatic carbocycles. The molecule has 98 valence electrons. The Morgan fingerprint density at radius 3 is 2.22 bits per heavy atom. The van der Waals surface area contributed by atoms with Crippen LogP contribution in [0.25, 0.3) is 0 Å². The predicted octanol–water partition coefficient (Wildman–Crippen LogP) is 4.05. The van der Waals surface area contributed by atoms with Crippen LogP contribution in [0, 0.1) is 22.7 Å². The summed E-state index contributed by atoms with van der Waals surface area (Å²) in [7, 11) is 2.10. The van der Waals surface area contributed by atoms with Gasteiger partial charge in [0.15, 0.2) is 0 Å². The zero-order valence-electron chi connectivity index (χ0n) is 11.6. The molecule has 1 unspecified atom stereocenters. The van der Waals surface area contributed by atoms with E-state index < -0.39 is 0 Å². The minimum absolute atomic E-state index is 0.282. The first-order valence-corrected chi connectivity index (χ1v) is 7.28. The molecule has 0 heterocycles. The van der Waals surface area contributed by atoms with Crippen LogP contribution < -0.4 is 4.90 Å². The molecule has 0 aliphatic rings. The number of benzene rings is 1. The monoisotopic (exact) mass is 308 g/mol. The van der Waals surface area contributed by atoms with Gasteiger partial charge in [0.25, 0.3) is 0 Å². The lowest BCUT2D eigenvalue weighted by atomic mass is 9.82. The van der Waals surface area contributed by atoms with Crippen molar-refractivity contribution in [1.82, 2.24) is 0 Å². The second kappa shape index (κ2) is 6.24. The number of hydrogen-bond acceptors (Lipinski definition) is 2. The minimum atomic E-state index is 0.282. The summed E-state index contributed by atoms with van der Waals surface area (Å²) >= 11 is 3.61. The number of alkyl halides is 1. The third-order valence-electron chi connectivity index (χ3n) is 3.34. The molecule has 0 N–H and O–H groups in total. The van der Waals surface area contributed by atoms with Gasteiger partial charge in [0.2, 0.25) is 0 Å². The Balaban J connectivity index is 2.75. The van der Waals surface area contributed by atoms with Crippen molar-refractivity contribution in [1.29, 1.82) is 5.26 Å². The fourth-order valence-electron chi connectivity index (χ4n) is 1.78. The van der Waals surface area contributed by atoms with Crippen LogP contribution in [0.15, 0.2) is 24.3 Å². The molecule has 3 heteroatoms. The molecule has 1 rings (SSSR count). The van der Waals surface area contributed by atoms with Crippen LogP contribution in [0.3, 0.4) is 0 Å².